The predicted octanol–water partition coefficient (Wildman–Crippen LogP) is 5.92. The Hall–Kier alpha value is -1.95. The van der Waals surface area contributed by atoms with Gasteiger partial charge in [-0.2, -0.15) is 0 Å². The van der Waals surface area contributed by atoms with Gasteiger partial charge in [-0.1, -0.05) is 82.4 Å². The fourth-order valence-corrected chi connectivity index (χ4v) is 2.75. The van der Waals surface area contributed by atoms with Crippen LogP contribution in [0.1, 0.15) is 77.6 Å². The molecule has 1 unspecified atom stereocenters. The van der Waals surface area contributed by atoms with E-state index in [2.05, 4.69) is 18.8 Å². The summed E-state index contributed by atoms with van der Waals surface area (Å²) in [7, 11) is 1.37. The van der Waals surface area contributed by atoms with E-state index in [1.807, 2.05) is 30.3 Å². The van der Waals surface area contributed by atoms with E-state index in [0.717, 1.165) is 12.8 Å². The van der Waals surface area contributed by atoms with Crippen LogP contribution in [0, 0.1) is 11.8 Å². The first-order valence-electron chi connectivity index (χ1n) is 10.0. The number of carbonyl (C=O) groups excluding carboxylic acids is 1. The minimum atomic E-state index is -0.668. The molecule has 0 amide bonds. The molecule has 1 atom stereocenters. The van der Waals surface area contributed by atoms with Gasteiger partial charge in [-0.3, -0.25) is 0 Å². The Kier molecular flexibility index (Phi) is 13.0. The van der Waals surface area contributed by atoms with E-state index in [0.29, 0.717) is 12.2 Å². The second-order valence-electron chi connectivity index (χ2n) is 6.58. The quantitative estimate of drug-likeness (QED) is 0.249. The highest BCUT2D eigenvalue weighted by Crippen LogP contribution is 2.13. The van der Waals surface area contributed by atoms with Crippen molar-refractivity contribution in [3.05, 3.63) is 30.3 Å². The van der Waals surface area contributed by atoms with Gasteiger partial charge >= 0.3 is 5.97 Å². The highest BCUT2D eigenvalue weighted by molar-refractivity contribution is 5.75. The van der Waals surface area contributed by atoms with Crippen LogP contribution in [-0.4, -0.2) is 19.2 Å². The van der Waals surface area contributed by atoms with Crippen LogP contribution < -0.4 is 4.74 Å². The van der Waals surface area contributed by atoms with E-state index in [1.54, 1.807) is 0 Å². The zero-order chi connectivity index (χ0) is 18.9. The van der Waals surface area contributed by atoms with E-state index in [1.165, 1.54) is 58.5 Å². The Balaban J connectivity index is 2.17. The summed E-state index contributed by atoms with van der Waals surface area (Å²) in [6.45, 7) is 2.25. The zero-order valence-corrected chi connectivity index (χ0v) is 16.5. The second kappa shape index (κ2) is 15.3. The average Bonchev–Trinajstić information content (AvgIpc) is 2.68. The number of hydrogen-bond donors (Lipinski definition) is 0. The summed E-state index contributed by atoms with van der Waals surface area (Å²) in [4.78, 5) is 11.8. The highest BCUT2D eigenvalue weighted by atomic mass is 16.6. The topological polar surface area (TPSA) is 35.5 Å². The SMILES string of the molecule is CCCCCCCCCCCC#CCC(Oc1ccccc1)C(=O)OC. The Bertz CT molecular complexity index is 527. The summed E-state index contributed by atoms with van der Waals surface area (Å²) < 4.78 is 10.5. The molecule has 26 heavy (non-hydrogen) atoms. The Morgan fingerprint density at radius 2 is 1.54 bits per heavy atom. The monoisotopic (exact) mass is 358 g/mol. The van der Waals surface area contributed by atoms with E-state index in [9.17, 15) is 4.79 Å². The van der Waals surface area contributed by atoms with E-state index in [-0.39, 0.29) is 5.97 Å². The third kappa shape index (κ3) is 10.8. The van der Waals surface area contributed by atoms with Crippen molar-refractivity contribution in [2.75, 3.05) is 7.11 Å². The molecule has 1 rings (SSSR count). The van der Waals surface area contributed by atoms with Crippen LogP contribution in [0.15, 0.2) is 30.3 Å². The van der Waals surface area contributed by atoms with Crippen LogP contribution in [0.2, 0.25) is 0 Å². The van der Waals surface area contributed by atoms with Gasteiger partial charge in [-0.15, -0.1) is 5.92 Å². The molecule has 0 spiro atoms. The average molecular weight is 359 g/mol. The number of carbonyl (C=O) groups is 1. The van der Waals surface area contributed by atoms with Gasteiger partial charge in [-0.25, -0.2) is 4.79 Å². The van der Waals surface area contributed by atoms with Gasteiger partial charge in [-0.05, 0) is 18.6 Å². The number of ether oxygens (including phenoxy) is 2. The number of rotatable bonds is 13. The molecule has 144 valence electrons. The standard InChI is InChI=1S/C23H34O3/c1-3-4-5-6-7-8-9-10-11-12-13-17-20-22(23(24)25-2)26-21-18-15-14-16-19-21/h14-16,18-19,22H,3-12,20H2,1-2H3. The first-order chi connectivity index (χ1) is 12.8. The summed E-state index contributed by atoms with van der Waals surface area (Å²) in [5.41, 5.74) is 0. The smallest absolute Gasteiger partial charge is 0.348 e. The first kappa shape index (κ1) is 22.1. The van der Waals surface area contributed by atoms with Crippen LogP contribution in [0.3, 0.4) is 0 Å². The van der Waals surface area contributed by atoms with Crippen LogP contribution in [0.4, 0.5) is 0 Å². The molecule has 3 heteroatoms. The molecule has 0 saturated heterocycles. The molecule has 1 aromatic rings. The third-order valence-electron chi connectivity index (χ3n) is 4.30. The number of esters is 1. The molecule has 0 aliphatic rings. The van der Waals surface area contributed by atoms with Gasteiger partial charge in [0.05, 0.1) is 13.5 Å². The van der Waals surface area contributed by atoms with Gasteiger partial charge < -0.3 is 9.47 Å². The second-order valence-corrected chi connectivity index (χ2v) is 6.58. The van der Waals surface area contributed by atoms with Gasteiger partial charge in [0, 0.05) is 6.42 Å². The highest BCUT2D eigenvalue weighted by Gasteiger charge is 2.19. The van der Waals surface area contributed by atoms with Crippen molar-refractivity contribution in [1.82, 2.24) is 0 Å². The van der Waals surface area contributed by atoms with Crippen molar-refractivity contribution >= 4 is 5.97 Å². The number of para-hydroxylation sites is 1. The van der Waals surface area contributed by atoms with Crippen LogP contribution in [0.25, 0.3) is 0 Å². The summed E-state index contributed by atoms with van der Waals surface area (Å²) in [6, 6.07) is 9.31. The molecule has 0 bridgehead atoms. The van der Waals surface area contributed by atoms with E-state index >= 15 is 0 Å². The van der Waals surface area contributed by atoms with Crippen LogP contribution >= 0.6 is 0 Å². The maximum Gasteiger partial charge on any atom is 0.348 e. The van der Waals surface area contributed by atoms with Crippen molar-refractivity contribution in [3.8, 4) is 17.6 Å². The largest absolute Gasteiger partial charge is 0.478 e. The Morgan fingerprint density at radius 3 is 2.15 bits per heavy atom. The number of benzene rings is 1. The fraction of sp³-hybridized carbons (Fsp3) is 0.609. The summed E-state index contributed by atoms with van der Waals surface area (Å²) in [5, 5.41) is 0. The molecule has 0 heterocycles. The summed E-state index contributed by atoms with van der Waals surface area (Å²) >= 11 is 0. The van der Waals surface area contributed by atoms with Gasteiger partial charge in [0.1, 0.15) is 5.75 Å². The van der Waals surface area contributed by atoms with Crippen molar-refractivity contribution in [1.29, 1.82) is 0 Å². The number of unbranched alkanes of at least 4 members (excludes halogenated alkanes) is 9. The minimum absolute atomic E-state index is 0.360. The van der Waals surface area contributed by atoms with E-state index in [4.69, 9.17) is 9.47 Å². The first-order valence-corrected chi connectivity index (χ1v) is 10.0. The summed E-state index contributed by atoms with van der Waals surface area (Å²) in [5.74, 6) is 6.51. The lowest BCUT2D eigenvalue weighted by atomic mass is 10.1. The molecule has 0 N–H and O–H groups in total. The maximum atomic E-state index is 11.8. The fourth-order valence-electron chi connectivity index (χ4n) is 2.75. The summed E-state index contributed by atoms with van der Waals surface area (Å²) in [6.07, 6.45) is 12.4. The molecule has 1 aromatic carbocycles. The molecule has 0 saturated carbocycles. The number of hydrogen-bond acceptors (Lipinski definition) is 3. The van der Waals surface area contributed by atoms with Crippen LogP contribution in [0.5, 0.6) is 5.75 Å². The molecular weight excluding hydrogens is 324 g/mol. The molecular formula is C23H34O3. The lowest BCUT2D eigenvalue weighted by Gasteiger charge is -2.14. The normalized spacial score (nSPS) is 11.3. The van der Waals surface area contributed by atoms with Gasteiger partial charge in [0.15, 0.2) is 0 Å². The maximum absolute atomic E-state index is 11.8. The van der Waals surface area contributed by atoms with E-state index < -0.39 is 6.10 Å². The molecule has 0 aliphatic carbocycles. The van der Waals surface area contributed by atoms with Gasteiger partial charge in [0.25, 0.3) is 0 Å². The van der Waals surface area contributed by atoms with Crippen molar-refractivity contribution in [2.45, 2.75) is 83.7 Å². The Labute approximate surface area is 159 Å². The molecule has 3 nitrogen and oxygen atoms in total. The lowest BCUT2D eigenvalue weighted by Crippen LogP contribution is -2.28. The predicted molar refractivity (Wildman–Crippen MR) is 107 cm³/mol. The number of methoxy groups -OCH3 is 1. The molecule has 0 aromatic heterocycles. The third-order valence-corrected chi connectivity index (χ3v) is 4.30. The van der Waals surface area contributed by atoms with Gasteiger partial charge in [0.2, 0.25) is 6.10 Å². The molecule has 0 aliphatic heterocycles. The van der Waals surface area contributed by atoms with Crippen molar-refractivity contribution < 1.29 is 14.3 Å². The lowest BCUT2D eigenvalue weighted by molar-refractivity contribution is -0.148. The van der Waals surface area contributed by atoms with Crippen LogP contribution in [-0.2, 0) is 9.53 Å². The molecule has 0 fully saturated rings. The zero-order valence-electron chi connectivity index (χ0n) is 16.5. The molecule has 0 radical (unpaired) electrons. The van der Waals surface area contributed by atoms with Crippen molar-refractivity contribution in [2.24, 2.45) is 0 Å². The minimum Gasteiger partial charge on any atom is -0.478 e. The van der Waals surface area contributed by atoms with Crippen molar-refractivity contribution in [3.63, 3.8) is 0 Å². The Morgan fingerprint density at radius 1 is 0.923 bits per heavy atom.